The van der Waals surface area contributed by atoms with Crippen LogP contribution in [0.3, 0.4) is 0 Å². The highest BCUT2D eigenvalue weighted by molar-refractivity contribution is 14.1. The van der Waals surface area contributed by atoms with Crippen LogP contribution in [-0.4, -0.2) is 25.3 Å². The summed E-state index contributed by atoms with van der Waals surface area (Å²) in [5.74, 6) is 1.94. The Morgan fingerprint density at radius 3 is 2.28 bits per heavy atom. The lowest BCUT2D eigenvalue weighted by Gasteiger charge is -2.01. The first-order valence-electron chi connectivity index (χ1n) is 9.88. The summed E-state index contributed by atoms with van der Waals surface area (Å²) in [6, 6.07) is 12.7. The predicted octanol–water partition coefficient (Wildman–Crippen LogP) is 7.01. The summed E-state index contributed by atoms with van der Waals surface area (Å²) in [7, 11) is 0. The number of nitrogens with zero attached hydrogens (tertiary/aromatic N) is 3. The summed E-state index contributed by atoms with van der Waals surface area (Å²) in [4.78, 5) is 0. The van der Waals surface area contributed by atoms with Gasteiger partial charge in [-0.15, -0.1) is 0 Å². The average molecular weight is 677 g/mol. The molecule has 4 nitrogen and oxygen atoms in total. The minimum absolute atomic E-state index is 0.886. The maximum atomic E-state index is 4.43. The third-order valence-electron chi connectivity index (χ3n) is 5.05. The molecule has 6 rings (SSSR count). The van der Waals surface area contributed by atoms with Crippen LogP contribution in [0.4, 0.5) is 0 Å². The van der Waals surface area contributed by atoms with Crippen molar-refractivity contribution in [1.29, 1.82) is 0 Å². The number of hydrogen-bond donors (Lipinski definition) is 1. The van der Waals surface area contributed by atoms with Crippen molar-refractivity contribution in [3.05, 3.63) is 55.9 Å². The number of benzene rings is 2. The van der Waals surface area contributed by atoms with Gasteiger partial charge in [-0.05, 0) is 119 Å². The lowest BCUT2D eigenvalue weighted by Crippen LogP contribution is -2.00. The van der Waals surface area contributed by atoms with E-state index in [1.165, 1.54) is 54.4 Å². The number of aromatic nitrogens is 4. The van der Waals surface area contributed by atoms with E-state index in [4.69, 9.17) is 0 Å². The van der Waals surface area contributed by atoms with Gasteiger partial charge in [-0.2, -0.15) is 10.2 Å². The van der Waals surface area contributed by atoms with Crippen molar-refractivity contribution in [3.8, 4) is 0 Å². The van der Waals surface area contributed by atoms with E-state index in [1.807, 2.05) is 18.5 Å². The molecule has 0 unspecified atom stereocenters. The van der Waals surface area contributed by atoms with Crippen molar-refractivity contribution >= 4 is 82.9 Å². The minimum atomic E-state index is 0.886. The van der Waals surface area contributed by atoms with Gasteiger partial charge in [-0.25, -0.2) is 0 Å². The van der Waals surface area contributed by atoms with Gasteiger partial charge in [0.25, 0.3) is 0 Å². The summed E-state index contributed by atoms with van der Waals surface area (Å²) in [5.41, 5.74) is 2.37. The summed E-state index contributed by atoms with van der Waals surface area (Å²) in [6.07, 6.45) is 9.49. The summed E-state index contributed by atoms with van der Waals surface area (Å²) >= 11 is 8.00. The quantitative estimate of drug-likeness (QED) is 0.188. The average Bonchev–Trinajstić information content (AvgIpc) is 3.64. The molecule has 4 aromatic rings. The Morgan fingerprint density at radius 2 is 1.62 bits per heavy atom. The summed E-state index contributed by atoms with van der Waals surface area (Å²) in [6.45, 7) is 1.10. The Labute approximate surface area is 206 Å². The maximum Gasteiger partial charge on any atom is 0.0683 e. The van der Waals surface area contributed by atoms with Crippen LogP contribution in [0.2, 0.25) is 0 Å². The lowest BCUT2D eigenvalue weighted by atomic mass is 10.2. The van der Waals surface area contributed by atoms with Gasteiger partial charge in [0, 0.05) is 29.8 Å². The molecule has 0 atom stereocenters. The van der Waals surface area contributed by atoms with Crippen LogP contribution < -0.4 is 0 Å². The molecule has 0 amide bonds. The molecule has 7 heteroatoms. The normalized spacial score (nSPS) is 15.6. The zero-order valence-electron chi connectivity index (χ0n) is 16.0. The number of rotatable bonds is 3. The van der Waals surface area contributed by atoms with E-state index >= 15 is 0 Å². The number of hydrogen-bond acceptors (Lipinski definition) is 2. The number of H-pyrrole nitrogens is 1. The lowest BCUT2D eigenvalue weighted by molar-refractivity contribution is 0.580. The predicted molar refractivity (Wildman–Crippen MR) is 141 cm³/mol. The molecule has 0 radical (unpaired) electrons. The van der Waals surface area contributed by atoms with Crippen LogP contribution in [0.1, 0.15) is 25.7 Å². The summed E-state index contributed by atoms with van der Waals surface area (Å²) in [5, 5.41) is 14.9. The van der Waals surface area contributed by atoms with Crippen molar-refractivity contribution in [1.82, 2.24) is 20.0 Å². The van der Waals surface area contributed by atoms with Gasteiger partial charge in [0.1, 0.15) is 0 Å². The van der Waals surface area contributed by atoms with Crippen LogP contribution in [0.25, 0.3) is 21.8 Å². The first-order valence-corrected chi connectivity index (χ1v) is 13.2. The van der Waals surface area contributed by atoms with E-state index < -0.39 is 0 Å². The minimum Gasteiger partial charge on any atom is -0.278 e. The number of fused-ring (bicyclic) bond motifs is 2. The van der Waals surface area contributed by atoms with E-state index in [2.05, 4.69) is 111 Å². The van der Waals surface area contributed by atoms with E-state index in [0.717, 1.165) is 23.9 Å². The molecule has 0 spiro atoms. The fourth-order valence-electron chi connectivity index (χ4n) is 2.93. The second-order valence-corrected chi connectivity index (χ2v) is 10.8. The third kappa shape index (κ3) is 6.40. The largest absolute Gasteiger partial charge is 0.278 e. The van der Waals surface area contributed by atoms with Crippen LogP contribution >= 0.6 is 61.1 Å². The number of aromatic amines is 1. The molecule has 2 fully saturated rings. The SMILES string of the molecule is BrCC1CC1.Ic1ccc2[nH]ncc2c1.Ic1ccc2c(cnn2CC2CC2)c1. The Morgan fingerprint density at radius 1 is 0.931 bits per heavy atom. The molecule has 0 saturated heterocycles. The highest BCUT2D eigenvalue weighted by Gasteiger charge is 2.22. The Kier molecular flexibility index (Phi) is 7.49. The molecule has 2 aliphatic rings. The molecule has 2 saturated carbocycles. The Bertz CT molecular complexity index is 1080. The van der Waals surface area contributed by atoms with Gasteiger partial charge in [0.05, 0.1) is 23.4 Å². The second kappa shape index (κ2) is 10.1. The summed E-state index contributed by atoms with van der Waals surface area (Å²) < 4.78 is 4.66. The number of nitrogens with one attached hydrogen (secondary N) is 1. The van der Waals surface area contributed by atoms with Gasteiger partial charge in [-0.1, -0.05) is 15.9 Å². The van der Waals surface area contributed by atoms with Gasteiger partial charge in [0.15, 0.2) is 0 Å². The highest BCUT2D eigenvalue weighted by Crippen LogP contribution is 2.31. The first-order chi connectivity index (χ1) is 14.1. The Balaban J connectivity index is 0.000000119. The van der Waals surface area contributed by atoms with E-state index in [0.29, 0.717) is 0 Å². The molecule has 2 aliphatic carbocycles. The van der Waals surface area contributed by atoms with Crippen molar-refractivity contribution in [2.45, 2.75) is 32.2 Å². The fraction of sp³-hybridized carbons (Fsp3) is 0.364. The maximum absolute atomic E-state index is 4.43. The topological polar surface area (TPSA) is 46.5 Å². The smallest absolute Gasteiger partial charge is 0.0683 e. The molecule has 152 valence electrons. The van der Waals surface area contributed by atoms with Gasteiger partial charge < -0.3 is 0 Å². The van der Waals surface area contributed by atoms with Crippen LogP contribution in [0.5, 0.6) is 0 Å². The van der Waals surface area contributed by atoms with Gasteiger partial charge in [-0.3, -0.25) is 9.78 Å². The van der Waals surface area contributed by atoms with Crippen LogP contribution in [0.15, 0.2) is 48.8 Å². The molecular formula is C22H23BrI2N4. The molecule has 29 heavy (non-hydrogen) atoms. The molecule has 0 bridgehead atoms. The molecule has 2 aromatic carbocycles. The van der Waals surface area contributed by atoms with Crippen molar-refractivity contribution < 1.29 is 0 Å². The van der Waals surface area contributed by atoms with Crippen LogP contribution in [-0.2, 0) is 6.54 Å². The van der Waals surface area contributed by atoms with Crippen molar-refractivity contribution in [3.63, 3.8) is 0 Å². The first kappa shape index (κ1) is 21.5. The van der Waals surface area contributed by atoms with Gasteiger partial charge in [0.2, 0.25) is 0 Å². The molecule has 2 heterocycles. The molecule has 0 aliphatic heterocycles. The van der Waals surface area contributed by atoms with Crippen molar-refractivity contribution in [2.24, 2.45) is 11.8 Å². The zero-order valence-corrected chi connectivity index (χ0v) is 21.9. The van der Waals surface area contributed by atoms with E-state index in [9.17, 15) is 0 Å². The fourth-order valence-corrected chi connectivity index (χ4v) is 4.61. The zero-order chi connectivity index (χ0) is 20.2. The molecule has 1 N–H and O–H groups in total. The molecule has 2 aromatic heterocycles. The monoisotopic (exact) mass is 676 g/mol. The van der Waals surface area contributed by atoms with E-state index in [1.54, 1.807) is 0 Å². The van der Waals surface area contributed by atoms with E-state index in [-0.39, 0.29) is 0 Å². The molecular weight excluding hydrogens is 654 g/mol. The van der Waals surface area contributed by atoms with Crippen LogP contribution in [0, 0.1) is 19.0 Å². The number of halogens is 3. The number of alkyl halides is 1. The van der Waals surface area contributed by atoms with Crippen molar-refractivity contribution in [2.75, 3.05) is 5.33 Å². The Hall–Kier alpha value is -0.680. The standard InChI is InChI=1S/C11H11IN2.C7H5IN2.C4H7Br/c12-10-3-4-11-9(5-10)6-13-14(11)7-8-1-2-8;8-6-1-2-7-5(3-6)4-9-10-7;5-3-4-1-2-4/h3-6,8H,1-2,7H2;1-4H,(H,9,10);4H,1-3H2. The second-order valence-electron chi connectivity index (χ2n) is 7.67. The highest BCUT2D eigenvalue weighted by atomic mass is 127. The third-order valence-corrected chi connectivity index (χ3v) is 7.31. The van der Waals surface area contributed by atoms with Gasteiger partial charge >= 0.3 is 0 Å².